The average molecular weight is 274 g/mol. The van der Waals surface area contributed by atoms with Crippen molar-refractivity contribution in [3.05, 3.63) is 34.1 Å². The van der Waals surface area contributed by atoms with Crippen LogP contribution in [-0.4, -0.2) is 6.54 Å². The Balaban J connectivity index is 2.78. The highest BCUT2D eigenvalue weighted by Gasteiger charge is 2.09. The van der Waals surface area contributed by atoms with E-state index in [1.165, 1.54) is 0 Å². The molecule has 1 nitrogen and oxygen atoms in total. The molecule has 0 bridgehead atoms. The van der Waals surface area contributed by atoms with Gasteiger partial charge in [-0.15, -0.1) is 0 Å². The number of hydrogen-bond donors (Lipinski definition) is 1. The van der Waals surface area contributed by atoms with Crippen LogP contribution in [0.1, 0.15) is 38.3 Å². The lowest BCUT2D eigenvalue weighted by Crippen LogP contribution is -2.21. The van der Waals surface area contributed by atoms with E-state index in [4.69, 9.17) is 0 Å². The summed E-state index contributed by atoms with van der Waals surface area (Å²) in [5.41, 5.74) is 1.02. The second-order valence-corrected chi connectivity index (χ2v) is 4.44. The number of benzene rings is 1. The minimum absolute atomic E-state index is 0.191. The van der Waals surface area contributed by atoms with Crippen LogP contribution in [0.2, 0.25) is 0 Å². The molecule has 0 spiro atoms. The zero-order valence-corrected chi connectivity index (χ0v) is 10.8. The van der Waals surface area contributed by atoms with E-state index >= 15 is 0 Å². The van der Waals surface area contributed by atoms with Gasteiger partial charge in [-0.25, -0.2) is 4.39 Å². The van der Waals surface area contributed by atoms with Crippen molar-refractivity contribution in [1.29, 1.82) is 0 Å². The summed E-state index contributed by atoms with van der Waals surface area (Å²) in [7, 11) is 0. The highest BCUT2D eigenvalue weighted by molar-refractivity contribution is 9.10. The first-order valence-corrected chi connectivity index (χ1v) is 6.16. The molecular formula is C12H17BrFN. The normalized spacial score (nSPS) is 12.8. The highest BCUT2D eigenvalue weighted by Crippen LogP contribution is 2.22. The third-order valence-electron chi connectivity index (χ3n) is 2.40. The maximum Gasteiger partial charge on any atom is 0.137 e. The van der Waals surface area contributed by atoms with Crippen LogP contribution in [0.25, 0.3) is 0 Å². The minimum Gasteiger partial charge on any atom is -0.310 e. The minimum atomic E-state index is -0.191. The van der Waals surface area contributed by atoms with Crippen molar-refractivity contribution >= 4 is 15.9 Å². The van der Waals surface area contributed by atoms with Crippen molar-refractivity contribution in [3.8, 4) is 0 Å². The van der Waals surface area contributed by atoms with Gasteiger partial charge in [-0.3, -0.25) is 0 Å². The van der Waals surface area contributed by atoms with Crippen molar-refractivity contribution in [3.63, 3.8) is 0 Å². The van der Waals surface area contributed by atoms with Gasteiger partial charge in [-0.1, -0.05) is 19.9 Å². The van der Waals surface area contributed by atoms with Crippen LogP contribution in [0.3, 0.4) is 0 Å². The monoisotopic (exact) mass is 273 g/mol. The van der Waals surface area contributed by atoms with Gasteiger partial charge in [0.1, 0.15) is 5.82 Å². The number of rotatable bonds is 5. The quantitative estimate of drug-likeness (QED) is 0.854. The molecule has 0 radical (unpaired) electrons. The van der Waals surface area contributed by atoms with E-state index in [1.54, 1.807) is 12.1 Å². The Morgan fingerprint density at radius 1 is 1.40 bits per heavy atom. The van der Waals surface area contributed by atoms with Crippen LogP contribution < -0.4 is 5.32 Å². The fourth-order valence-corrected chi connectivity index (χ4v) is 1.79. The first-order chi connectivity index (χ1) is 7.19. The summed E-state index contributed by atoms with van der Waals surface area (Å²) in [6.07, 6.45) is 2.07. The molecule has 0 saturated heterocycles. The molecule has 0 saturated carbocycles. The predicted octanol–water partition coefficient (Wildman–Crippen LogP) is 4.04. The summed E-state index contributed by atoms with van der Waals surface area (Å²) >= 11 is 3.16. The topological polar surface area (TPSA) is 12.0 Å². The summed E-state index contributed by atoms with van der Waals surface area (Å²) in [6.45, 7) is 5.20. The molecule has 0 aromatic heterocycles. The summed E-state index contributed by atoms with van der Waals surface area (Å²) < 4.78 is 13.8. The molecule has 1 unspecified atom stereocenters. The Labute approximate surface area is 99.2 Å². The van der Waals surface area contributed by atoms with Crippen molar-refractivity contribution in [2.75, 3.05) is 6.54 Å². The molecule has 0 amide bonds. The molecule has 0 heterocycles. The molecule has 0 fully saturated rings. The summed E-state index contributed by atoms with van der Waals surface area (Å²) in [6, 6.07) is 5.58. The Bertz CT molecular complexity index is 314. The Kier molecular flexibility index (Phi) is 5.26. The number of hydrogen-bond acceptors (Lipinski definition) is 1. The van der Waals surface area contributed by atoms with E-state index in [0.717, 1.165) is 24.9 Å². The first kappa shape index (κ1) is 12.7. The highest BCUT2D eigenvalue weighted by atomic mass is 79.9. The maximum absolute atomic E-state index is 13.3. The molecule has 1 aromatic carbocycles. The lowest BCUT2D eigenvalue weighted by Gasteiger charge is -2.17. The van der Waals surface area contributed by atoms with Gasteiger partial charge in [-0.05, 0) is 53.0 Å². The van der Waals surface area contributed by atoms with Gasteiger partial charge in [0.15, 0.2) is 0 Å². The lowest BCUT2D eigenvalue weighted by atomic mass is 10.0. The van der Waals surface area contributed by atoms with E-state index in [0.29, 0.717) is 4.47 Å². The fraction of sp³-hybridized carbons (Fsp3) is 0.500. The van der Waals surface area contributed by atoms with Crippen LogP contribution in [0.4, 0.5) is 4.39 Å². The third kappa shape index (κ3) is 3.58. The first-order valence-electron chi connectivity index (χ1n) is 5.37. The van der Waals surface area contributed by atoms with E-state index < -0.39 is 0 Å². The van der Waals surface area contributed by atoms with Crippen molar-refractivity contribution in [1.82, 2.24) is 5.32 Å². The Morgan fingerprint density at radius 3 is 2.67 bits per heavy atom. The molecule has 0 aliphatic carbocycles. The van der Waals surface area contributed by atoms with E-state index in [1.807, 2.05) is 6.07 Å². The van der Waals surface area contributed by atoms with Gasteiger partial charge < -0.3 is 5.32 Å². The lowest BCUT2D eigenvalue weighted by molar-refractivity contribution is 0.513. The van der Waals surface area contributed by atoms with Gasteiger partial charge in [0.25, 0.3) is 0 Å². The smallest absolute Gasteiger partial charge is 0.137 e. The predicted molar refractivity (Wildman–Crippen MR) is 65.4 cm³/mol. The van der Waals surface area contributed by atoms with Crippen molar-refractivity contribution in [2.45, 2.75) is 32.7 Å². The number of halogens is 2. The molecular weight excluding hydrogens is 257 g/mol. The molecule has 1 aromatic rings. The van der Waals surface area contributed by atoms with Gasteiger partial charge >= 0.3 is 0 Å². The molecule has 1 atom stereocenters. The molecule has 3 heteroatoms. The summed E-state index contributed by atoms with van der Waals surface area (Å²) in [5, 5.41) is 3.40. The van der Waals surface area contributed by atoms with Crippen molar-refractivity contribution < 1.29 is 4.39 Å². The van der Waals surface area contributed by atoms with Crippen LogP contribution in [-0.2, 0) is 0 Å². The van der Waals surface area contributed by atoms with Crippen LogP contribution in [0, 0.1) is 5.82 Å². The molecule has 1 rings (SSSR count). The molecule has 0 aliphatic heterocycles. The fourth-order valence-electron chi connectivity index (χ4n) is 1.55. The largest absolute Gasteiger partial charge is 0.310 e. The Morgan fingerprint density at radius 2 is 2.13 bits per heavy atom. The van der Waals surface area contributed by atoms with E-state index in [-0.39, 0.29) is 11.9 Å². The van der Waals surface area contributed by atoms with Gasteiger partial charge in [0.05, 0.1) is 4.47 Å². The maximum atomic E-state index is 13.3. The third-order valence-corrected chi connectivity index (χ3v) is 3.04. The average Bonchev–Trinajstić information content (AvgIpc) is 2.24. The van der Waals surface area contributed by atoms with Gasteiger partial charge in [0, 0.05) is 6.04 Å². The second-order valence-electron chi connectivity index (χ2n) is 3.59. The molecule has 15 heavy (non-hydrogen) atoms. The van der Waals surface area contributed by atoms with Crippen LogP contribution in [0.15, 0.2) is 22.7 Å². The number of nitrogens with one attached hydrogen (secondary N) is 1. The van der Waals surface area contributed by atoms with Crippen LogP contribution >= 0.6 is 15.9 Å². The summed E-state index contributed by atoms with van der Waals surface area (Å²) in [4.78, 5) is 0. The molecule has 84 valence electrons. The standard InChI is InChI=1S/C12H17BrFN/c1-3-7-15-12(4-2)9-5-6-10(13)11(14)8-9/h5-6,8,12,15H,3-4,7H2,1-2H3. The zero-order valence-electron chi connectivity index (χ0n) is 9.19. The second kappa shape index (κ2) is 6.23. The molecule has 0 aliphatic rings. The van der Waals surface area contributed by atoms with Gasteiger partial charge in [0.2, 0.25) is 0 Å². The molecule has 1 N–H and O–H groups in total. The zero-order chi connectivity index (χ0) is 11.3. The van der Waals surface area contributed by atoms with E-state index in [2.05, 4.69) is 35.1 Å². The van der Waals surface area contributed by atoms with Gasteiger partial charge in [-0.2, -0.15) is 0 Å². The van der Waals surface area contributed by atoms with Crippen LogP contribution in [0.5, 0.6) is 0 Å². The SMILES string of the molecule is CCCNC(CC)c1ccc(Br)c(F)c1. The Hall–Kier alpha value is -0.410. The summed E-state index contributed by atoms with van der Waals surface area (Å²) in [5.74, 6) is -0.191. The van der Waals surface area contributed by atoms with Crippen molar-refractivity contribution in [2.24, 2.45) is 0 Å². The van der Waals surface area contributed by atoms with E-state index in [9.17, 15) is 4.39 Å².